The summed E-state index contributed by atoms with van der Waals surface area (Å²) in [6.45, 7) is 0.538. The number of rotatable bonds is 5. The summed E-state index contributed by atoms with van der Waals surface area (Å²) >= 11 is 0. The van der Waals surface area contributed by atoms with Crippen molar-refractivity contribution in [2.24, 2.45) is 0 Å². The summed E-state index contributed by atoms with van der Waals surface area (Å²) in [5.74, 6) is 1.18. The molecule has 0 aromatic heterocycles. The average Bonchev–Trinajstić information content (AvgIpc) is 3.19. The Bertz CT molecular complexity index is 807. The van der Waals surface area contributed by atoms with Crippen molar-refractivity contribution < 1.29 is 19.1 Å². The predicted octanol–water partition coefficient (Wildman–Crippen LogP) is 3.34. The van der Waals surface area contributed by atoms with E-state index in [0.29, 0.717) is 35.8 Å². The molecule has 142 valence electrons. The molecule has 3 amide bonds. The van der Waals surface area contributed by atoms with Gasteiger partial charge in [0, 0.05) is 24.0 Å². The van der Waals surface area contributed by atoms with E-state index in [0.717, 1.165) is 6.42 Å². The van der Waals surface area contributed by atoms with Crippen molar-refractivity contribution in [2.75, 3.05) is 31.4 Å². The number of carbonyl (C=O) groups excluding carboxylic acids is 2. The zero-order valence-corrected chi connectivity index (χ0v) is 15.4. The Kier molecular flexibility index (Phi) is 5.80. The van der Waals surface area contributed by atoms with Crippen molar-refractivity contribution in [1.82, 2.24) is 4.90 Å². The van der Waals surface area contributed by atoms with Gasteiger partial charge in [0.1, 0.15) is 17.5 Å². The lowest BCUT2D eigenvalue weighted by Gasteiger charge is -2.24. The molecular weight excluding hydrogens is 346 g/mol. The maximum Gasteiger partial charge on any atom is 0.322 e. The molecule has 2 aromatic carbocycles. The fraction of sp³-hybridized carbons (Fsp3) is 0.300. The van der Waals surface area contributed by atoms with E-state index in [2.05, 4.69) is 10.6 Å². The van der Waals surface area contributed by atoms with Crippen molar-refractivity contribution in [3.05, 3.63) is 48.5 Å². The minimum absolute atomic E-state index is 0.196. The summed E-state index contributed by atoms with van der Waals surface area (Å²) in [6.07, 6.45) is 1.42. The first kappa shape index (κ1) is 18.6. The molecule has 2 aromatic rings. The van der Waals surface area contributed by atoms with Gasteiger partial charge in [-0.3, -0.25) is 4.79 Å². The Morgan fingerprint density at radius 1 is 0.963 bits per heavy atom. The first-order chi connectivity index (χ1) is 13.1. The van der Waals surface area contributed by atoms with E-state index in [1.54, 1.807) is 67.7 Å². The van der Waals surface area contributed by atoms with Gasteiger partial charge in [-0.2, -0.15) is 0 Å². The first-order valence-corrected chi connectivity index (χ1v) is 8.77. The highest BCUT2D eigenvalue weighted by atomic mass is 16.5. The van der Waals surface area contributed by atoms with Crippen LogP contribution in [-0.4, -0.2) is 43.6 Å². The van der Waals surface area contributed by atoms with Gasteiger partial charge in [0.25, 0.3) is 0 Å². The lowest BCUT2D eigenvalue weighted by molar-refractivity contribution is -0.119. The lowest BCUT2D eigenvalue weighted by atomic mass is 10.2. The van der Waals surface area contributed by atoms with Gasteiger partial charge >= 0.3 is 6.03 Å². The Balaban J connectivity index is 1.64. The fourth-order valence-electron chi connectivity index (χ4n) is 3.08. The number of hydrogen-bond acceptors (Lipinski definition) is 4. The second-order valence-electron chi connectivity index (χ2n) is 6.23. The van der Waals surface area contributed by atoms with Gasteiger partial charge < -0.3 is 25.0 Å². The standard InChI is InChI=1S/C20H23N3O4/c1-26-16-10-8-14(9-11-16)21-19(24)18-7-4-12-23(18)20(25)22-15-5-3-6-17(13-15)27-2/h3,5-6,8-11,13,18H,4,7,12H2,1-2H3,(H,21,24)(H,22,25). The van der Waals surface area contributed by atoms with Crippen LogP contribution in [0.15, 0.2) is 48.5 Å². The molecule has 0 saturated carbocycles. The largest absolute Gasteiger partial charge is 0.497 e. The maximum absolute atomic E-state index is 12.7. The van der Waals surface area contributed by atoms with Gasteiger partial charge in [0.2, 0.25) is 5.91 Å². The molecule has 1 heterocycles. The Hall–Kier alpha value is -3.22. The number of amides is 3. The molecule has 0 bridgehead atoms. The van der Waals surface area contributed by atoms with E-state index in [9.17, 15) is 9.59 Å². The van der Waals surface area contributed by atoms with Crippen molar-refractivity contribution in [1.29, 1.82) is 0 Å². The monoisotopic (exact) mass is 369 g/mol. The van der Waals surface area contributed by atoms with Crippen molar-refractivity contribution in [3.8, 4) is 11.5 Å². The molecule has 7 heteroatoms. The summed E-state index contributed by atoms with van der Waals surface area (Å²) < 4.78 is 10.3. The van der Waals surface area contributed by atoms with E-state index in [1.807, 2.05) is 0 Å². The second-order valence-corrected chi connectivity index (χ2v) is 6.23. The second kappa shape index (κ2) is 8.44. The van der Waals surface area contributed by atoms with Crippen molar-refractivity contribution in [2.45, 2.75) is 18.9 Å². The maximum atomic E-state index is 12.7. The number of hydrogen-bond donors (Lipinski definition) is 2. The molecule has 27 heavy (non-hydrogen) atoms. The minimum Gasteiger partial charge on any atom is -0.497 e. The summed E-state index contributed by atoms with van der Waals surface area (Å²) in [7, 11) is 3.16. The number of carbonyl (C=O) groups is 2. The highest BCUT2D eigenvalue weighted by Crippen LogP contribution is 2.23. The van der Waals surface area contributed by atoms with Crippen LogP contribution in [0, 0.1) is 0 Å². The number of urea groups is 1. The smallest absolute Gasteiger partial charge is 0.322 e. The minimum atomic E-state index is -0.502. The predicted molar refractivity (Wildman–Crippen MR) is 103 cm³/mol. The van der Waals surface area contributed by atoms with Gasteiger partial charge in [0.05, 0.1) is 14.2 Å². The first-order valence-electron chi connectivity index (χ1n) is 8.77. The molecule has 1 unspecified atom stereocenters. The molecule has 1 aliphatic rings. The third-order valence-corrected chi connectivity index (χ3v) is 4.49. The van der Waals surface area contributed by atoms with Crippen LogP contribution >= 0.6 is 0 Å². The number of benzene rings is 2. The van der Waals surface area contributed by atoms with E-state index in [4.69, 9.17) is 9.47 Å². The fourth-order valence-corrected chi connectivity index (χ4v) is 3.08. The zero-order chi connectivity index (χ0) is 19.2. The van der Waals surface area contributed by atoms with E-state index >= 15 is 0 Å². The van der Waals surface area contributed by atoms with Gasteiger partial charge in [-0.25, -0.2) is 4.79 Å². The van der Waals surface area contributed by atoms with Gasteiger partial charge in [0.15, 0.2) is 0 Å². The molecule has 1 fully saturated rings. The Morgan fingerprint density at radius 3 is 2.41 bits per heavy atom. The third-order valence-electron chi connectivity index (χ3n) is 4.49. The highest BCUT2D eigenvalue weighted by molar-refractivity contribution is 5.99. The van der Waals surface area contributed by atoms with Crippen molar-refractivity contribution in [3.63, 3.8) is 0 Å². The highest BCUT2D eigenvalue weighted by Gasteiger charge is 2.34. The summed E-state index contributed by atoms with van der Waals surface area (Å²) in [6, 6.07) is 13.4. The van der Waals surface area contributed by atoms with Crippen LogP contribution in [0.3, 0.4) is 0 Å². The molecule has 0 aliphatic carbocycles. The summed E-state index contributed by atoms with van der Waals surface area (Å²) in [5, 5.41) is 5.70. The number of nitrogens with zero attached hydrogens (tertiary/aromatic N) is 1. The average molecular weight is 369 g/mol. The normalized spacial score (nSPS) is 15.9. The number of likely N-dealkylation sites (tertiary alicyclic amines) is 1. The molecular formula is C20H23N3O4. The molecule has 1 saturated heterocycles. The number of ether oxygens (including phenoxy) is 2. The van der Waals surface area contributed by atoms with Crippen LogP contribution in [0.25, 0.3) is 0 Å². The van der Waals surface area contributed by atoms with Crippen LogP contribution in [0.4, 0.5) is 16.2 Å². The molecule has 2 N–H and O–H groups in total. The molecule has 0 spiro atoms. The van der Waals surface area contributed by atoms with Gasteiger partial charge in [-0.1, -0.05) is 6.07 Å². The van der Waals surface area contributed by atoms with E-state index in [1.165, 1.54) is 0 Å². The van der Waals surface area contributed by atoms with Crippen LogP contribution < -0.4 is 20.1 Å². The Labute approximate surface area is 158 Å². The molecule has 1 aliphatic heterocycles. The van der Waals surface area contributed by atoms with Gasteiger partial charge in [-0.15, -0.1) is 0 Å². The number of nitrogens with one attached hydrogen (secondary N) is 2. The van der Waals surface area contributed by atoms with Crippen LogP contribution in [0.1, 0.15) is 12.8 Å². The van der Waals surface area contributed by atoms with Crippen LogP contribution in [0.5, 0.6) is 11.5 Å². The SMILES string of the molecule is COc1ccc(NC(=O)C2CCCN2C(=O)Nc2cccc(OC)c2)cc1. The van der Waals surface area contributed by atoms with Crippen LogP contribution in [-0.2, 0) is 4.79 Å². The third kappa shape index (κ3) is 4.49. The molecule has 3 rings (SSSR count). The van der Waals surface area contributed by atoms with Crippen LogP contribution in [0.2, 0.25) is 0 Å². The van der Waals surface area contributed by atoms with E-state index < -0.39 is 6.04 Å². The lowest BCUT2D eigenvalue weighted by Crippen LogP contribution is -2.45. The number of methoxy groups -OCH3 is 2. The quantitative estimate of drug-likeness (QED) is 0.847. The van der Waals surface area contributed by atoms with Gasteiger partial charge in [-0.05, 0) is 49.2 Å². The van der Waals surface area contributed by atoms with Crippen molar-refractivity contribution >= 4 is 23.3 Å². The number of anilines is 2. The molecule has 1 atom stereocenters. The summed E-state index contributed by atoms with van der Waals surface area (Å²) in [5.41, 5.74) is 1.29. The topological polar surface area (TPSA) is 79.9 Å². The molecule has 7 nitrogen and oxygen atoms in total. The zero-order valence-electron chi connectivity index (χ0n) is 15.4. The van der Waals surface area contributed by atoms with E-state index in [-0.39, 0.29) is 11.9 Å². The molecule has 0 radical (unpaired) electrons. The Morgan fingerprint density at radius 2 is 1.70 bits per heavy atom. The summed E-state index contributed by atoms with van der Waals surface area (Å²) in [4.78, 5) is 26.9.